The second kappa shape index (κ2) is 5.48. The molecule has 0 aliphatic rings. The quantitative estimate of drug-likeness (QED) is 0.615. The van der Waals surface area contributed by atoms with Crippen LogP contribution in [0.1, 0.15) is 11.4 Å². The molecule has 1 aromatic heterocycles. The van der Waals surface area contributed by atoms with E-state index in [1.54, 1.807) is 28.7 Å². The number of nitriles is 1. The Morgan fingerprint density at radius 3 is 2.59 bits per heavy atom. The van der Waals surface area contributed by atoms with Crippen LogP contribution in [0.2, 0.25) is 0 Å². The van der Waals surface area contributed by atoms with Crippen LogP contribution in [0.5, 0.6) is 5.75 Å². The van der Waals surface area contributed by atoms with Gasteiger partial charge in [0.15, 0.2) is 5.75 Å². The van der Waals surface area contributed by atoms with E-state index in [1.165, 1.54) is 6.07 Å². The van der Waals surface area contributed by atoms with Crippen molar-refractivity contribution in [2.75, 3.05) is 0 Å². The van der Waals surface area contributed by atoms with Crippen molar-refractivity contribution < 1.29 is 22.3 Å². The lowest BCUT2D eigenvalue weighted by Crippen LogP contribution is -2.19. The fourth-order valence-electron chi connectivity index (χ4n) is 1.09. The number of hydrogen-bond donors (Lipinski definition) is 0. The summed E-state index contributed by atoms with van der Waals surface area (Å²) >= 11 is 1.57. The Balaban J connectivity index is 3.17. The Morgan fingerprint density at radius 1 is 1.47 bits per heavy atom. The number of nitrogens with zero attached hydrogens (tertiary/aromatic N) is 2. The van der Waals surface area contributed by atoms with Gasteiger partial charge in [0.25, 0.3) is 0 Å². The Labute approximate surface area is 108 Å². The molecule has 0 N–H and O–H groups in total. The number of alkyl halides is 4. The van der Waals surface area contributed by atoms with Crippen LogP contribution >= 0.6 is 22.6 Å². The molecule has 1 heterocycles. The molecule has 1 aromatic rings. The minimum absolute atomic E-state index is 0.0628. The average molecular weight is 360 g/mol. The molecule has 1 rings (SSSR count). The largest absolute Gasteiger partial charge is 0.573 e. The van der Waals surface area contributed by atoms with E-state index in [0.717, 1.165) is 0 Å². The lowest BCUT2D eigenvalue weighted by molar-refractivity contribution is -0.275. The predicted octanol–water partition coefficient (Wildman–Crippen LogP) is 3.12. The van der Waals surface area contributed by atoms with Gasteiger partial charge in [0, 0.05) is 0 Å². The van der Waals surface area contributed by atoms with Gasteiger partial charge in [-0.25, -0.2) is 9.37 Å². The molecular formula is C9H5F4IN2O. The second-order valence-corrected chi connectivity index (χ2v) is 4.05. The van der Waals surface area contributed by atoms with Crippen molar-refractivity contribution in [1.82, 2.24) is 4.98 Å². The first kappa shape index (κ1) is 14.0. The van der Waals surface area contributed by atoms with Crippen LogP contribution in [-0.2, 0) is 13.1 Å². The molecule has 0 aliphatic heterocycles. The number of rotatable bonds is 3. The molecule has 0 aliphatic carbocycles. The van der Waals surface area contributed by atoms with E-state index < -0.39 is 24.5 Å². The molecule has 0 unspecified atom stereocenters. The molecule has 0 atom stereocenters. The first-order valence-corrected chi connectivity index (χ1v) is 5.32. The summed E-state index contributed by atoms with van der Waals surface area (Å²) < 4.78 is 52.5. The molecule has 92 valence electrons. The van der Waals surface area contributed by atoms with E-state index in [9.17, 15) is 17.6 Å². The Hall–Kier alpha value is -1.11. The minimum atomic E-state index is -4.90. The Bertz CT molecular complexity index is 456. The summed E-state index contributed by atoms with van der Waals surface area (Å²) in [4.78, 5) is 3.60. The van der Waals surface area contributed by atoms with Crippen LogP contribution < -0.4 is 4.74 Å². The molecule has 0 saturated carbocycles. The van der Waals surface area contributed by atoms with Crippen LogP contribution in [0, 0.1) is 14.9 Å². The van der Waals surface area contributed by atoms with E-state index in [1.807, 2.05) is 0 Å². The summed E-state index contributed by atoms with van der Waals surface area (Å²) in [6.07, 6.45) is -5.00. The Kier molecular flexibility index (Phi) is 4.50. The summed E-state index contributed by atoms with van der Waals surface area (Å²) in [6, 6.07) is 3.03. The molecule has 8 heteroatoms. The van der Waals surface area contributed by atoms with Gasteiger partial charge in [-0.05, 0) is 28.7 Å². The highest BCUT2D eigenvalue weighted by atomic mass is 127. The first-order valence-electron chi connectivity index (χ1n) is 4.24. The van der Waals surface area contributed by atoms with E-state index >= 15 is 0 Å². The topological polar surface area (TPSA) is 45.9 Å². The zero-order valence-corrected chi connectivity index (χ0v) is 10.3. The maximum atomic E-state index is 12.6. The number of hydrogen-bond acceptors (Lipinski definition) is 3. The minimum Gasteiger partial charge on any atom is -0.403 e. The van der Waals surface area contributed by atoms with Gasteiger partial charge in [-0.3, -0.25) is 0 Å². The molecule has 17 heavy (non-hydrogen) atoms. The molecule has 0 saturated heterocycles. The van der Waals surface area contributed by atoms with Gasteiger partial charge in [0.1, 0.15) is 12.4 Å². The smallest absolute Gasteiger partial charge is 0.403 e. The van der Waals surface area contributed by atoms with Crippen LogP contribution in [0.3, 0.4) is 0 Å². The van der Waals surface area contributed by atoms with Gasteiger partial charge in [0.05, 0.1) is 21.8 Å². The van der Waals surface area contributed by atoms with E-state index in [-0.39, 0.29) is 15.7 Å². The first-order chi connectivity index (χ1) is 7.87. The number of halogens is 5. The molecule has 0 aromatic carbocycles. The fraction of sp³-hybridized carbons (Fsp3) is 0.333. The maximum Gasteiger partial charge on any atom is 0.573 e. The lowest BCUT2D eigenvalue weighted by atomic mass is 10.2. The average Bonchev–Trinajstić information content (AvgIpc) is 2.20. The van der Waals surface area contributed by atoms with Gasteiger partial charge in [-0.15, -0.1) is 13.2 Å². The van der Waals surface area contributed by atoms with Crippen LogP contribution in [0.25, 0.3) is 0 Å². The van der Waals surface area contributed by atoms with E-state index in [0.29, 0.717) is 0 Å². The summed E-state index contributed by atoms with van der Waals surface area (Å²) in [6.45, 7) is -1.19. The number of ether oxygens (including phenoxy) is 1. The molecule has 0 amide bonds. The third-order valence-electron chi connectivity index (χ3n) is 1.66. The summed E-state index contributed by atoms with van der Waals surface area (Å²) in [7, 11) is 0. The van der Waals surface area contributed by atoms with Crippen molar-refractivity contribution in [2.45, 2.75) is 19.5 Å². The predicted molar refractivity (Wildman–Crippen MR) is 57.8 cm³/mol. The number of aromatic nitrogens is 1. The van der Waals surface area contributed by atoms with E-state index in [4.69, 9.17) is 5.26 Å². The zero-order valence-electron chi connectivity index (χ0n) is 8.18. The van der Waals surface area contributed by atoms with Gasteiger partial charge >= 0.3 is 6.36 Å². The normalized spacial score (nSPS) is 11.1. The van der Waals surface area contributed by atoms with E-state index in [2.05, 4.69) is 9.72 Å². The monoisotopic (exact) mass is 360 g/mol. The van der Waals surface area contributed by atoms with Gasteiger partial charge in [-0.1, -0.05) is 0 Å². The molecule has 3 nitrogen and oxygen atoms in total. The van der Waals surface area contributed by atoms with Crippen LogP contribution in [0.4, 0.5) is 17.6 Å². The number of pyridine rings is 1. The summed E-state index contributed by atoms with van der Waals surface area (Å²) in [5.41, 5.74) is -0.251. The van der Waals surface area contributed by atoms with Gasteiger partial charge < -0.3 is 4.74 Å². The molecular weight excluding hydrogens is 355 g/mol. The van der Waals surface area contributed by atoms with Crippen LogP contribution in [0.15, 0.2) is 6.07 Å². The SMILES string of the molecule is N#CCc1cc(I)c(OC(F)(F)F)c(CF)n1. The summed E-state index contributed by atoms with van der Waals surface area (Å²) in [5, 5.41) is 8.43. The van der Waals surface area contributed by atoms with Gasteiger partial charge in [-0.2, -0.15) is 5.26 Å². The molecule has 0 fully saturated rings. The third kappa shape index (κ3) is 3.99. The zero-order chi connectivity index (χ0) is 13.1. The third-order valence-corrected chi connectivity index (χ3v) is 2.46. The Morgan fingerprint density at radius 2 is 2.12 bits per heavy atom. The summed E-state index contributed by atoms with van der Waals surface area (Å²) in [5.74, 6) is -0.651. The lowest BCUT2D eigenvalue weighted by Gasteiger charge is -2.13. The molecule has 0 radical (unpaired) electrons. The maximum absolute atomic E-state index is 12.6. The van der Waals surface area contributed by atoms with Crippen molar-refractivity contribution in [3.05, 3.63) is 21.0 Å². The molecule has 0 bridgehead atoms. The highest BCUT2D eigenvalue weighted by Crippen LogP contribution is 2.31. The second-order valence-electron chi connectivity index (χ2n) is 2.89. The highest BCUT2D eigenvalue weighted by molar-refractivity contribution is 14.1. The molecule has 0 spiro atoms. The van der Waals surface area contributed by atoms with Crippen LogP contribution in [-0.4, -0.2) is 11.3 Å². The van der Waals surface area contributed by atoms with Crippen molar-refractivity contribution >= 4 is 22.6 Å². The van der Waals surface area contributed by atoms with Gasteiger partial charge in [0.2, 0.25) is 0 Å². The van der Waals surface area contributed by atoms with Crippen molar-refractivity contribution in [3.8, 4) is 11.8 Å². The fourth-order valence-corrected chi connectivity index (χ4v) is 1.87. The van der Waals surface area contributed by atoms with Crippen molar-refractivity contribution in [3.63, 3.8) is 0 Å². The standard InChI is InChI=1S/C9H5F4IN2O/c10-4-7-8(17-9(11,12)13)6(14)3-5(16-7)1-2-15/h3H,1,4H2. The highest BCUT2D eigenvalue weighted by Gasteiger charge is 2.33. The van der Waals surface area contributed by atoms with Crippen molar-refractivity contribution in [1.29, 1.82) is 5.26 Å². The van der Waals surface area contributed by atoms with Crippen molar-refractivity contribution in [2.24, 2.45) is 0 Å².